The summed E-state index contributed by atoms with van der Waals surface area (Å²) in [6, 6.07) is 6.08. The second-order valence-corrected chi connectivity index (χ2v) is 8.11. The molecule has 0 spiro atoms. The van der Waals surface area contributed by atoms with E-state index in [0.717, 1.165) is 68.2 Å². The van der Waals surface area contributed by atoms with Crippen LogP contribution >= 0.6 is 0 Å². The van der Waals surface area contributed by atoms with Crippen molar-refractivity contribution in [1.82, 2.24) is 19.4 Å². The van der Waals surface area contributed by atoms with Crippen molar-refractivity contribution in [3.63, 3.8) is 0 Å². The van der Waals surface area contributed by atoms with Crippen LogP contribution in [0.5, 0.6) is 0 Å². The Morgan fingerprint density at radius 2 is 2.08 bits per heavy atom. The molecule has 0 saturated heterocycles. The molecule has 0 aromatic carbocycles. The van der Waals surface area contributed by atoms with E-state index in [4.69, 9.17) is 4.42 Å². The summed E-state index contributed by atoms with van der Waals surface area (Å²) in [5.41, 5.74) is 1.85. The molecule has 0 unspecified atom stereocenters. The van der Waals surface area contributed by atoms with Gasteiger partial charge in [-0.2, -0.15) is 5.10 Å². The zero-order valence-corrected chi connectivity index (χ0v) is 15.0. The van der Waals surface area contributed by atoms with Crippen molar-refractivity contribution < 1.29 is 12.8 Å². The van der Waals surface area contributed by atoms with E-state index in [1.165, 1.54) is 0 Å². The van der Waals surface area contributed by atoms with E-state index in [1.807, 2.05) is 10.7 Å². The summed E-state index contributed by atoms with van der Waals surface area (Å²) in [5, 5.41) is 4.46. The number of fused-ring (bicyclic) bond motifs is 1. The van der Waals surface area contributed by atoms with Crippen LogP contribution in [-0.2, 0) is 42.6 Å². The van der Waals surface area contributed by atoms with Gasteiger partial charge in [0.15, 0.2) is 0 Å². The topological polar surface area (TPSA) is 80.4 Å². The summed E-state index contributed by atoms with van der Waals surface area (Å²) in [5.74, 6) is 2.04. The van der Waals surface area contributed by atoms with Crippen LogP contribution in [0.15, 0.2) is 22.6 Å². The molecule has 0 saturated carbocycles. The van der Waals surface area contributed by atoms with Crippen LogP contribution in [0.1, 0.15) is 36.3 Å². The molecule has 2 aromatic heterocycles. The number of hydrogen-bond donors (Lipinski definition) is 1. The van der Waals surface area contributed by atoms with E-state index >= 15 is 0 Å². The molecule has 3 heterocycles. The second-order valence-electron chi connectivity index (χ2n) is 6.27. The van der Waals surface area contributed by atoms with Crippen LogP contribution in [0.4, 0.5) is 0 Å². The molecule has 0 amide bonds. The minimum atomic E-state index is -3.20. The average molecular weight is 352 g/mol. The summed E-state index contributed by atoms with van der Waals surface area (Å²) in [4.78, 5) is 2.32. The number of nitrogens with zero attached hydrogens (tertiary/aromatic N) is 3. The maximum absolute atomic E-state index is 11.2. The predicted octanol–water partition coefficient (Wildman–Crippen LogP) is 1.49. The molecule has 1 N–H and O–H groups in total. The van der Waals surface area contributed by atoms with Crippen molar-refractivity contribution in [2.45, 2.75) is 45.9 Å². The Morgan fingerprint density at radius 1 is 1.29 bits per heavy atom. The van der Waals surface area contributed by atoms with Gasteiger partial charge in [0.2, 0.25) is 10.0 Å². The Hall–Kier alpha value is -1.64. The van der Waals surface area contributed by atoms with Crippen LogP contribution in [0, 0.1) is 0 Å². The Bertz CT molecular complexity index is 794. The molecule has 0 bridgehead atoms. The number of aromatic nitrogens is 2. The Labute approximate surface area is 142 Å². The molecule has 0 radical (unpaired) electrons. The third-order valence-electron chi connectivity index (χ3n) is 4.04. The lowest BCUT2D eigenvalue weighted by Gasteiger charge is -2.26. The summed E-state index contributed by atoms with van der Waals surface area (Å²) >= 11 is 0. The fourth-order valence-corrected chi connectivity index (χ4v) is 3.33. The molecule has 132 valence electrons. The van der Waals surface area contributed by atoms with Gasteiger partial charge in [-0.1, -0.05) is 6.92 Å². The van der Waals surface area contributed by atoms with Crippen LogP contribution in [0.3, 0.4) is 0 Å². The molecule has 3 rings (SSSR count). The lowest BCUT2D eigenvalue weighted by atomic mass is 10.2. The van der Waals surface area contributed by atoms with Gasteiger partial charge < -0.3 is 4.42 Å². The summed E-state index contributed by atoms with van der Waals surface area (Å²) in [6.45, 7) is 5.65. The summed E-state index contributed by atoms with van der Waals surface area (Å²) in [6.07, 6.45) is 3.21. The Balaban J connectivity index is 1.60. The van der Waals surface area contributed by atoms with Gasteiger partial charge >= 0.3 is 0 Å². The molecular weight excluding hydrogens is 328 g/mol. The van der Waals surface area contributed by atoms with Gasteiger partial charge in [0.25, 0.3) is 0 Å². The molecule has 0 aliphatic carbocycles. The quantitative estimate of drug-likeness (QED) is 0.817. The van der Waals surface area contributed by atoms with Gasteiger partial charge in [-0.3, -0.25) is 9.58 Å². The van der Waals surface area contributed by atoms with Crippen LogP contribution < -0.4 is 4.72 Å². The van der Waals surface area contributed by atoms with Crippen molar-refractivity contribution in [2.24, 2.45) is 0 Å². The Kier molecular flexibility index (Phi) is 5.07. The lowest BCUT2D eigenvalue weighted by molar-refractivity contribution is 0.189. The number of rotatable bonds is 7. The second kappa shape index (κ2) is 7.08. The smallest absolute Gasteiger partial charge is 0.209 e. The van der Waals surface area contributed by atoms with E-state index < -0.39 is 10.0 Å². The monoisotopic (exact) mass is 352 g/mol. The van der Waals surface area contributed by atoms with E-state index in [2.05, 4.69) is 33.8 Å². The molecule has 2 aromatic rings. The molecule has 24 heavy (non-hydrogen) atoms. The largest absolute Gasteiger partial charge is 0.465 e. The van der Waals surface area contributed by atoms with E-state index in [0.29, 0.717) is 0 Å². The molecule has 1 aliphatic heterocycles. The number of hydrogen-bond acceptors (Lipinski definition) is 5. The first-order valence-corrected chi connectivity index (χ1v) is 10.1. The van der Waals surface area contributed by atoms with Crippen molar-refractivity contribution in [1.29, 1.82) is 0 Å². The SMILES string of the molecule is CCCc1ccc(CN2CCn3nc(CNS(C)(=O)=O)cc3C2)o1. The van der Waals surface area contributed by atoms with Gasteiger partial charge in [-0.15, -0.1) is 0 Å². The normalized spacial score (nSPS) is 15.6. The minimum Gasteiger partial charge on any atom is -0.465 e. The molecule has 1 aliphatic rings. The fourth-order valence-electron chi connectivity index (χ4n) is 2.91. The highest BCUT2D eigenvalue weighted by atomic mass is 32.2. The first kappa shape index (κ1) is 17.2. The minimum absolute atomic E-state index is 0.234. The van der Waals surface area contributed by atoms with Crippen LogP contribution in [-0.4, -0.2) is 35.9 Å². The molecule has 0 fully saturated rings. The highest BCUT2D eigenvalue weighted by Crippen LogP contribution is 2.18. The number of aryl methyl sites for hydroxylation is 1. The van der Waals surface area contributed by atoms with Crippen LogP contribution in [0.25, 0.3) is 0 Å². The lowest BCUT2D eigenvalue weighted by Crippen LogP contribution is -2.33. The summed E-state index contributed by atoms with van der Waals surface area (Å²) < 4.78 is 32.7. The van der Waals surface area contributed by atoms with Crippen molar-refractivity contribution in [3.8, 4) is 0 Å². The molecule has 0 atom stereocenters. The van der Waals surface area contributed by atoms with Gasteiger partial charge in [0, 0.05) is 19.5 Å². The van der Waals surface area contributed by atoms with Crippen LogP contribution in [0.2, 0.25) is 0 Å². The first-order chi connectivity index (χ1) is 11.4. The third kappa shape index (κ3) is 4.46. The van der Waals surface area contributed by atoms with Gasteiger partial charge in [-0.25, -0.2) is 13.1 Å². The third-order valence-corrected chi connectivity index (χ3v) is 4.70. The van der Waals surface area contributed by atoms with Gasteiger partial charge in [-0.05, 0) is 24.6 Å². The van der Waals surface area contributed by atoms with E-state index in [1.54, 1.807) is 0 Å². The highest BCUT2D eigenvalue weighted by Gasteiger charge is 2.19. The van der Waals surface area contributed by atoms with Gasteiger partial charge in [0.05, 0.1) is 37.3 Å². The Morgan fingerprint density at radius 3 is 2.83 bits per heavy atom. The number of furan rings is 1. The fraction of sp³-hybridized carbons (Fsp3) is 0.562. The number of nitrogens with one attached hydrogen (secondary N) is 1. The van der Waals surface area contributed by atoms with Crippen molar-refractivity contribution in [2.75, 3.05) is 12.8 Å². The molecular formula is C16H24N4O3S. The van der Waals surface area contributed by atoms with Crippen molar-refractivity contribution >= 4 is 10.0 Å². The van der Waals surface area contributed by atoms with Gasteiger partial charge in [0.1, 0.15) is 11.5 Å². The molecule has 7 nitrogen and oxygen atoms in total. The highest BCUT2D eigenvalue weighted by molar-refractivity contribution is 7.88. The maximum atomic E-state index is 11.2. The zero-order valence-electron chi connectivity index (χ0n) is 14.2. The zero-order chi connectivity index (χ0) is 17.2. The maximum Gasteiger partial charge on any atom is 0.209 e. The average Bonchev–Trinajstić information content (AvgIpc) is 3.11. The van der Waals surface area contributed by atoms with E-state index in [9.17, 15) is 8.42 Å². The predicted molar refractivity (Wildman–Crippen MR) is 90.7 cm³/mol. The standard InChI is InChI=1S/C16H24N4O3S/c1-3-4-15-5-6-16(23-15)12-19-7-8-20-14(11-19)9-13(18-20)10-17-24(2,21)22/h5-6,9,17H,3-4,7-8,10-12H2,1-2H3. The van der Waals surface area contributed by atoms with Crippen molar-refractivity contribution in [3.05, 3.63) is 41.1 Å². The summed E-state index contributed by atoms with van der Waals surface area (Å²) in [7, 11) is -3.20. The number of sulfonamides is 1. The van der Waals surface area contributed by atoms with E-state index in [-0.39, 0.29) is 6.54 Å². The first-order valence-electron chi connectivity index (χ1n) is 8.23. The molecule has 8 heteroatoms.